The van der Waals surface area contributed by atoms with Crippen molar-refractivity contribution in [3.05, 3.63) is 53.3 Å². The molecule has 4 nitrogen and oxygen atoms in total. The normalized spacial score (nSPS) is 13.5. The SMILES string of the molecule is COc1ccc(N(C)CCc2ccncc2)c2c1CCNC2. The van der Waals surface area contributed by atoms with Crippen LogP contribution in [0.25, 0.3) is 0 Å². The highest BCUT2D eigenvalue weighted by molar-refractivity contribution is 5.61. The van der Waals surface area contributed by atoms with Gasteiger partial charge in [0.1, 0.15) is 5.75 Å². The zero-order valence-corrected chi connectivity index (χ0v) is 13.3. The van der Waals surface area contributed by atoms with Crippen LogP contribution in [0.4, 0.5) is 5.69 Å². The summed E-state index contributed by atoms with van der Waals surface area (Å²) in [6, 6.07) is 8.44. The van der Waals surface area contributed by atoms with Crippen LogP contribution in [0.2, 0.25) is 0 Å². The Morgan fingerprint density at radius 2 is 2.00 bits per heavy atom. The van der Waals surface area contributed by atoms with Crippen LogP contribution in [0, 0.1) is 0 Å². The lowest BCUT2D eigenvalue weighted by atomic mass is 9.97. The standard InChI is InChI=1S/C18H23N3O/c1-21(12-8-14-5-9-19-10-6-14)17-3-4-18(22-2)15-7-11-20-13-16(15)17/h3-6,9-10,20H,7-8,11-13H2,1-2H3. The summed E-state index contributed by atoms with van der Waals surface area (Å²) in [4.78, 5) is 6.41. The van der Waals surface area contributed by atoms with E-state index in [9.17, 15) is 0 Å². The van der Waals surface area contributed by atoms with Gasteiger partial charge in [-0.2, -0.15) is 0 Å². The summed E-state index contributed by atoms with van der Waals surface area (Å²) in [7, 11) is 3.92. The predicted octanol–water partition coefficient (Wildman–Crippen LogP) is 2.41. The number of rotatable bonds is 5. The molecule has 1 aromatic heterocycles. The van der Waals surface area contributed by atoms with Crippen LogP contribution in [0.15, 0.2) is 36.7 Å². The van der Waals surface area contributed by atoms with Crippen LogP contribution < -0.4 is 15.0 Å². The fourth-order valence-corrected chi connectivity index (χ4v) is 3.07. The van der Waals surface area contributed by atoms with Crippen LogP contribution in [0.5, 0.6) is 5.75 Å². The van der Waals surface area contributed by atoms with Crippen molar-refractivity contribution >= 4 is 5.69 Å². The van der Waals surface area contributed by atoms with Crippen molar-refractivity contribution in [3.63, 3.8) is 0 Å². The molecule has 0 amide bonds. The first kappa shape index (κ1) is 14.9. The van der Waals surface area contributed by atoms with Gasteiger partial charge in [-0.05, 0) is 54.8 Å². The molecule has 1 N–H and O–H groups in total. The molecule has 2 heterocycles. The predicted molar refractivity (Wildman–Crippen MR) is 89.6 cm³/mol. The number of nitrogens with zero attached hydrogens (tertiary/aromatic N) is 2. The number of anilines is 1. The fraction of sp³-hybridized carbons (Fsp3) is 0.389. The molecule has 2 aromatic rings. The maximum Gasteiger partial charge on any atom is 0.122 e. The quantitative estimate of drug-likeness (QED) is 0.919. The smallest absolute Gasteiger partial charge is 0.122 e. The van der Waals surface area contributed by atoms with Crippen molar-refractivity contribution in [2.24, 2.45) is 0 Å². The summed E-state index contributed by atoms with van der Waals surface area (Å²) >= 11 is 0. The monoisotopic (exact) mass is 297 g/mol. The van der Waals surface area contributed by atoms with Crippen molar-refractivity contribution in [1.82, 2.24) is 10.3 Å². The minimum atomic E-state index is 0.918. The lowest BCUT2D eigenvalue weighted by molar-refractivity contribution is 0.406. The number of benzene rings is 1. The highest BCUT2D eigenvalue weighted by Gasteiger charge is 2.19. The first-order chi connectivity index (χ1) is 10.8. The third kappa shape index (κ3) is 3.07. The van der Waals surface area contributed by atoms with E-state index in [-0.39, 0.29) is 0 Å². The van der Waals surface area contributed by atoms with E-state index in [4.69, 9.17) is 4.74 Å². The number of aromatic nitrogens is 1. The lowest BCUT2D eigenvalue weighted by Crippen LogP contribution is -2.28. The Morgan fingerprint density at radius 1 is 1.18 bits per heavy atom. The van der Waals surface area contributed by atoms with Gasteiger partial charge in [0, 0.05) is 43.8 Å². The second-order valence-corrected chi connectivity index (χ2v) is 5.70. The fourth-order valence-electron chi connectivity index (χ4n) is 3.07. The van der Waals surface area contributed by atoms with Crippen LogP contribution in [0.1, 0.15) is 16.7 Å². The third-order valence-corrected chi connectivity index (χ3v) is 4.33. The number of hydrogen-bond donors (Lipinski definition) is 1. The summed E-state index contributed by atoms with van der Waals surface area (Å²) in [6.07, 6.45) is 5.76. The van der Waals surface area contributed by atoms with Crippen molar-refractivity contribution in [2.45, 2.75) is 19.4 Å². The van der Waals surface area contributed by atoms with E-state index in [1.165, 1.54) is 22.4 Å². The summed E-state index contributed by atoms with van der Waals surface area (Å²) < 4.78 is 5.52. The van der Waals surface area contributed by atoms with E-state index in [1.807, 2.05) is 12.4 Å². The van der Waals surface area contributed by atoms with E-state index in [2.05, 4.69) is 46.5 Å². The molecule has 116 valence electrons. The molecule has 1 aromatic carbocycles. The number of methoxy groups -OCH3 is 1. The average Bonchev–Trinajstić information content (AvgIpc) is 2.59. The average molecular weight is 297 g/mol. The van der Waals surface area contributed by atoms with Crippen LogP contribution in [-0.4, -0.2) is 32.2 Å². The van der Waals surface area contributed by atoms with Crippen molar-refractivity contribution < 1.29 is 4.74 Å². The molecular weight excluding hydrogens is 274 g/mol. The van der Waals surface area contributed by atoms with Crippen molar-refractivity contribution in [1.29, 1.82) is 0 Å². The van der Waals surface area contributed by atoms with Gasteiger partial charge in [-0.25, -0.2) is 0 Å². The number of likely N-dealkylation sites (N-methyl/N-ethyl adjacent to an activating group) is 1. The highest BCUT2D eigenvalue weighted by Crippen LogP contribution is 2.32. The zero-order chi connectivity index (χ0) is 15.4. The lowest BCUT2D eigenvalue weighted by Gasteiger charge is -2.28. The van der Waals surface area contributed by atoms with Crippen molar-refractivity contribution in [3.8, 4) is 5.75 Å². The van der Waals surface area contributed by atoms with E-state index in [1.54, 1.807) is 7.11 Å². The van der Waals surface area contributed by atoms with Gasteiger partial charge < -0.3 is 15.0 Å². The molecule has 0 unspecified atom stereocenters. The van der Waals surface area contributed by atoms with Gasteiger partial charge in [-0.1, -0.05) is 0 Å². The van der Waals surface area contributed by atoms with Gasteiger partial charge in [0.15, 0.2) is 0 Å². The molecule has 1 aliphatic heterocycles. The molecule has 22 heavy (non-hydrogen) atoms. The molecule has 0 atom stereocenters. The van der Waals surface area contributed by atoms with E-state index >= 15 is 0 Å². The molecule has 0 fully saturated rings. The first-order valence-corrected chi connectivity index (χ1v) is 7.79. The van der Waals surface area contributed by atoms with Gasteiger partial charge in [-0.3, -0.25) is 4.98 Å². The van der Waals surface area contributed by atoms with Gasteiger partial charge in [0.25, 0.3) is 0 Å². The maximum atomic E-state index is 5.52. The topological polar surface area (TPSA) is 37.4 Å². The molecular formula is C18H23N3O. The second kappa shape index (κ2) is 6.79. The molecule has 4 heteroatoms. The molecule has 0 saturated carbocycles. The van der Waals surface area contributed by atoms with E-state index in [0.717, 1.165) is 38.2 Å². The minimum Gasteiger partial charge on any atom is -0.496 e. The Kier molecular flexibility index (Phi) is 4.59. The molecule has 0 bridgehead atoms. The largest absolute Gasteiger partial charge is 0.496 e. The number of nitrogens with one attached hydrogen (secondary N) is 1. The Hall–Kier alpha value is -2.07. The zero-order valence-electron chi connectivity index (χ0n) is 13.3. The summed E-state index contributed by atoms with van der Waals surface area (Å²) in [5, 5.41) is 3.47. The van der Waals surface area contributed by atoms with Crippen LogP contribution in [0.3, 0.4) is 0 Å². The Bertz CT molecular complexity index is 628. The second-order valence-electron chi connectivity index (χ2n) is 5.70. The van der Waals surface area contributed by atoms with Crippen molar-refractivity contribution in [2.75, 3.05) is 32.1 Å². The number of pyridine rings is 1. The molecule has 0 aliphatic carbocycles. The molecule has 3 rings (SSSR count). The Balaban J connectivity index is 1.79. The third-order valence-electron chi connectivity index (χ3n) is 4.33. The van der Waals surface area contributed by atoms with Gasteiger partial charge in [0.05, 0.1) is 7.11 Å². The highest BCUT2D eigenvalue weighted by atomic mass is 16.5. The number of ether oxygens (including phenoxy) is 1. The number of fused-ring (bicyclic) bond motifs is 1. The van der Waals surface area contributed by atoms with E-state index < -0.39 is 0 Å². The van der Waals surface area contributed by atoms with Gasteiger partial charge in [-0.15, -0.1) is 0 Å². The molecule has 0 saturated heterocycles. The van der Waals surface area contributed by atoms with Crippen LogP contribution >= 0.6 is 0 Å². The first-order valence-electron chi connectivity index (χ1n) is 7.79. The van der Waals surface area contributed by atoms with E-state index in [0.29, 0.717) is 0 Å². The Labute approximate surface area is 132 Å². The number of hydrogen-bond acceptors (Lipinski definition) is 4. The Morgan fingerprint density at radius 3 is 2.77 bits per heavy atom. The van der Waals surface area contributed by atoms with Gasteiger partial charge in [0.2, 0.25) is 0 Å². The van der Waals surface area contributed by atoms with Crippen LogP contribution in [-0.2, 0) is 19.4 Å². The minimum absolute atomic E-state index is 0.918. The molecule has 0 radical (unpaired) electrons. The van der Waals surface area contributed by atoms with Gasteiger partial charge >= 0.3 is 0 Å². The maximum absolute atomic E-state index is 5.52. The summed E-state index contributed by atoms with van der Waals surface area (Å²) in [5.41, 5.74) is 5.36. The molecule has 1 aliphatic rings. The summed E-state index contributed by atoms with van der Waals surface area (Å²) in [6.45, 7) is 2.93. The summed E-state index contributed by atoms with van der Waals surface area (Å²) in [5.74, 6) is 1.02. The molecule has 0 spiro atoms.